The fraction of sp³-hybridized carbons (Fsp3) is 0. The molecule has 0 radical (unpaired) electrons. The first kappa shape index (κ1) is 8.32. The van der Waals surface area contributed by atoms with Crippen molar-refractivity contribution in [2.24, 2.45) is 0 Å². The second-order valence-electron chi connectivity index (χ2n) is 6.96. The number of thiophene rings is 1. The lowest BCUT2D eigenvalue weighted by Crippen LogP contribution is -1.97. The van der Waals surface area contributed by atoms with Crippen LogP contribution < -0.4 is 0 Å². The van der Waals surface area contributed by atoms with Crippen LogP contribution in [0.4, 0.5) is 0 Å². The maximum Gasteiger partial charge on any atom is 0.0646 e. The summed E-state index contributed by atoms with van der Waals surface area (Å²) in [4.78, 5) is 0. The summed E-state index contributed by atoms with van der Waals surface area (Å²) < 4.78 is 157. The van der Waals surface area contributed by atoms with Crippen LogP contribution in [0.5, 0.6) is 0 Å². The van der Waals surface area contributed by atoms with Crippen LogP contribution in [-0.4, -0.2) is 4.57 Å². The average Bonchev–Trinajstić information content (AvgIpc) is 3.67. The Bertz CT molecular complexity index is 2730. The minimum atomic E-state index is -0.836. The molecule has 5 aromatic carbocycles. The van der Waals surface area contributed by atoms with E-state index in [1.807, 2.05) is 0 Å². The van der Waals surface area contributed by atoms with Crippen molar-refractivity contribution in [3.8, 4) is 16.8 Å². The van der Waals surface area contributed by atoms with Crippen LogP contribution in [0, 0.1) is 0 Å². The topological polar surface area (TPSA) is 4.93 Å². The third-order valence-electron chi connectivity index (χ3n) is 5.20. The van der Waals surface area contributed by atoms with E-state index in [-0.39, 0.29) is 36.5 Å². The second kappa shape index (κ2) is 7.21. The van der Waals surface area contributed by atoms with E-state index >= 15 is 0 Å². The van der Waals surface area contributed by atoms with E-state index in [0.717, 1.165) is 15.9 Å². The lowest BCUT2D eigenvalue weighted by Gasteiger charge is -2.15. The summed E-state index contributed by atoms with van der Waals surface area (Å²) in [6, 6.07) is -12.4. The molecule has 0 N–H and O–H groups in total. The fourth-order valence-electron chi connectivity index (χ4n) is 3.90. The Kier molecular flexibility index (Phi) is 1.82. The van der Waals surface area contributed by atoms with Gasteiger partial charge in [0.25, 0.3) is 0 Å². The summed E-state index contributed by atoms with van der Waals surface area (Å²) in [6.07, 6.45) is 0. The first-order valence-electron chi connectivity index (χ1n) is 18.5. The molecule has 0 spiro atoms. The van der Waals surface area contributed by atoms with Gasteiger partial charge in [-0.1, -0.05) is 84.1 Å². The Hall–Kier alpha value is -3.59. The van der Waals surface area contributed by atoms with Gasteiger partial charge in [-0.3, -0.25) is 0 Å². The zero-order valence-corrected chi connectivity index (χ0v) is 17.8. The largest absolute Gasteiger partial charge is 0.309 e. The summed E-state index contributed by atoms with van der Waals surface area (Å²) in [7, 11) is 0. The minimum Gasteiger partial charge on any atom is -0.309 e. The first-order valence-corrected chi connectivity index (χ1v) is 10.7. The summed E-state index contributed by atoms with van der Waals surface area (Å²) in [5.74, 6) is 0. The Morgan fingerprint density at radius 3 is 1.97 bits per heavy atom. The average molecular weight is 478 g/mol. The molecule has 2 aromatic heterocycles. The standard InChI is InChI=1S/C30H18ClNS/c31-19-17-24(30-25(18-19)23-12-4-8-16-29(23)33-30)22-11-3-7-15-28(22)32-26-13-5-1-9-20(26)21-10-2-6-14-27(21)32/h1-18H/i1D,2D,3D,4D,5D,6D,7D,8D,9D,10D,11D,12D,13D,14D,15D,16D,17D,18D. The van der Waals surface area contributed by atoms with Crippen LogP contribution in [0.25, 0.3) is 58.8 Å². The quantitative estimate of drug-likeness (QED) is 0.233. The monoisotopic (exact) mass is 477 g/mol. The van der Waals surface area contributed by atoms with Crippen molar-refractivity contribution in [3.05, 3.63) is 114 Å². The number of hydrogen-bond acceptors (Lipinski definition) is 1. The molecule has 0 unspecified atom stereocenters. The minimum absolute atomic E-state index is 0.0325. The summed E-state index contributed by atoms with van der Waals surface area (Å²) in [5, 5.41) is -1.50. The number of nitrogens with zero attached hydrogens (tertiary/aromatic N) is 1. The Balaban J connectivity index is 1.85. The molecule has 156 valence electrons. The molecule has 0 amide bonds. The van der Waals surface area contributed by atoms with Crippen molar-refractivity contribution in [1.29, 1.82) is 0 Å². The number of benzene rings is 5. The van der Waals surface area contributed by atoms with Gasteiger partial charge >= 0.3 is 0 Å². The van der Waals surface area contributed by atoms with Gasteiger partial charge < -0.3 is 4.57 Å². The van der Waals surface area contributed by atoms with Crippen molar-refractivity contribution < 1.29 is 24.7 Å². The molecule has 33 heavy (non-hydrogen) atoms. The van der Waals surface area contributed by atoms with Crippen LogP contribution in [-0.2, 0) is 0 Å². The number of rotatable bonds is 2. The molecule has 7 aromatic rings. The zero-order chi connectivity index (χ0) is 37.6. The van der Waals surface area contributed by atoms with Crippen LogP contribution in [0.2, 0.25) is 5.02 Å². The molecular weight excluding hydrogens is 442 g/mol. The smallest absolute Gasteiger partial charge is 0.0646 e. The molecule has 7 rings (SSSR count). The van der Waals surface area contributed by atoms with E-state index in [0.29, 0.717) is 0 Å². The SMILES string of the molecule is [2H]c1c([2H])c([2H])c(-n2c3c([2H])c([2H])c([2H])c([2H])c3c3c([2H])c([2H])c([2H])c([2H])c32)c(-c2c([2H])c(Cl)c([2H])c3c2sc2c([2H])c([2H])c([2H])c([2H])c23)c1[2H]. The normalized spacial score (nSPS) is 19.4. The van der Waals surface area contributed by atoms with Gasteiger partial charge in [-0.25, -0.2) is 0 Å². The van der Waals surface area contributed by atoms with Gasteiger partial charge in [0.15, 0.2) is 0 Å². The molecular formula is C30H18ClNS. The molecule has 0 atom stereocenters. The molecule has 0 fully saturated rings. The van der Waals surface area contributed by atoms with Gasteiger partial charge in [0.1, 0.15) is 0 Å². The van der Waals surface area contributed by atoms with Crippen molar-refractivity contribution >= 4 is 64.9 Å². The summed E-state index contributed by atoms with van der Waals surface area (Å²) >= 11 is 7.30. The highest BCUT2D eigenvalue weighted by molar-refractivity contribution is 7.26. The van der Waals surface area contributed by atoms with E-state index in [2.05, 4.69) is 0 Å². The third-order valence-corrected chi connectivity index (χ3v) is 6.52. The van der Waals surface area contributed by atoms with Gasteiger partial charge in [0.2, 0.25) is 0 Å². The van der Waals surface area contributed by atoms with Crippen LogP contribution in [0.15, 0.2) is 109 Å². The van der Waals surface area contributed by atoms with E-state index in [4.69, 9.17) is 36.3 Å². The highest BCUT2D eigenvalue weighted by Crippen LogP contribution is 2.44. The number of hydrogen-bond donors (Lipinski definition) is 0. The Morgan fingerprint density at radius 1 is 0.606 bits per heavy atom. The molecule has 0 bridgehead atoms. The van der Waals surface area contributed by atoms with Gasteiger partial charge in [-0.2, -0.15) is 0 Å². The molecule has 1 nitrogen and oxygen atoms in total. The van der Waals surface area contributed by atoms with Crippen LogP contribution in [0.3, 0.4) is 0 Å². The predicted molar refractivity (Wildman–Crippen MR) is 144 cm³/mol. The van der Waals surface area contributed by atoms with Gasteiger partial charge in [-0.15, -0.1) is 11.3 Å². The number of para-hydroxylation sites is 3. The highest BCUT2D eigenvalue weighted by atomic mass is 35.5. The molecule has 0 aliphatic carbocycles. The van der Waals surface area contributed by atoms with Crippen molar-refractivity contribution in [2.45, 2.75) is 0 Å². The molecule has 0 aliphatic heterocycles. The highest BCUT2D eigenvalue weighted by Gasteiger charge is 2.18. The van der Waals surface area contributed by atoms with Gasteiger partial charge in [-0.05, 0) is 36.3 Å². The van der Waals surface area contributed by atoms with Gasteiger partial charge in [0.05, 0.1) is 41.4 Å². The second-order valence-corrected chi connectivity index (χ2v) is 8.35. The van der Waals surface area contributed by atoms with Gasteiger partial charge in [0, 0.05) is 47.1 Å². The maximum absolute atomic E-state index is 9.16. The fourth-order valence-corrected chi connectivity index (χ4v) is 5.16. The van der Waals surface area contributed by atoms with E-state index in [1.165, 1.54) is 0 Å². The van der Waals surface area contributed by atoms with Crippen molar-refractivity contribution in [1.82, 2.24) is 4.57 Å². The lowest BCUT2D eigenvalue weighted by atomic mass is 10.0. The molecule has 2 heterocycles. The van der Waals surface area contributed by atoms with E-state index < -0.39 is 136 Å². The Morgan fingerprint density at radius 2 is 1.21 bits per heavy atom. The zero-order valence-electron chi connectivity index (χ0n) is 34.2. The number of halogens is 1. The number of aromatic nitrogens is 1. The molecule has 0 saturated heterocycles. The van der Waals surface area contributed by atoms with Crippen molar-refractivity contribution in [3.63, 3.8) is 0 Å². The van der Waals surface area contributed by atoms with E-state index in [1.54, 1.807) is 0 Å². The maximum atomic E-state index is 9.16. The Labute approximate surface area is 225 Å². The molecule has 3 heteroatoms. The van der Waals surface area contributed by atoms with Crippen molar-refractivity contribution in [2.75, 3.05) is 0 Å². The number of fused-ring (bicyclic) bond motifs is 6. The molecule has 0 aliphatic rings. The van der Waals surface area contributed by atoms with Crippen LogP contribution >= 0.6 is 22.9 Å². The van der Waals surface area contributed by atoms with Crippen LogP contribution in [0.1, 0.15) is 24.7 Å². The lowest BCUT2D eigenvalue weighted by molar-refractivity contribution is 1.18. The molecule has 0 saturated carbocycles. The summed E-state index contributed by atoms with van der Waals surface area (Å²) in [5.41, 5.74) is -2.31. The third kappa shape index (κ3) is 2.78. The van der Waals surface area contributed by atoms with E-state index in [9.17, 15) is 0 Å². The predicted octanol–water partition coefficient (Wildman–Crippen LogP) is 9.47. The first-order chi connectivity index (χ1) is 23.8. The summed E-state index contributed by atoms with van der Waals surface area (Å²) in [6.45, 7) is 0.